The molecule has 5 nitrogen and oxygen atoms in total. The van der Waals surface area contributed by atoms with Gasteiger partial charge in [0.15, 0.2) is 0 Å². The summed E-state index contributed by atoms with van der Waals surface area (Å²) in [6, 6.07) is 2.31. The average Bonchev–Trinajstić information content (AvgIpc) is 3.04. The van der Waals surface area contributed by atoms with E-state index in [0.717, 1.165) is 30.7 Å². The van der Waals surface area contributed by atoms with Gasteiger partial charge in [-0.15, -0.1) is 11.3 Å². The number of carbonyl (C=O) groups excluding carboxylic acids is 1. The van der Waals surface area contributed by atoms with Crippen molar-refractivity contribution < 1.29 is 4.79 Å². The molecule has 1 N–H and O–H groups in total. The van der Waals surface area contributed by atoms with Crippen molar-refractivity contribution in [2.45, 2.75) is 53.5 Å². The van der Waals surface area contributed by atoms with Gasteiger partial charge >= 0.3 is 0 Å². The monoisotopic (exact) mass is 434 g/mol. The van der Waals surface area contributed by atoms with E-state index in [1.165, 1.54) is 4.88 Å². The molecule has 0 saturated heterocycles. The summed E-state index contributed by atoms with van der Waals surface area (Å²) >= 11 is 4.88. The molecular weight excluding hydrogens is 412 g/mol. The number of carbonyl (C=O) groups is 1. The number of nitriles is 1. The summed E-state index contributed by atoms with van der Waals surface area (Å²) in [6.07, 6.45) is 4.78. The number of anilines is 1. The molecule has 1 amide bonds. The fourth-order valence-electron chi connectivity index (χ4n) is 3.48. The van der Waals surface area contributed by atoms with Crippen molar-refractivity contribution in [1.82, 2.24) is 9.55 Å². The quantitative estimate of drug-likeness (QED) is 0.761. The van der Waals surface area contributed by atoms with Crippen LogP contribution in [0.4, 0.5) is 5.00 Å². The van der Waals surface area contributed by atoms with Crippen molar-refractivity contribution in [3.05, 3.63) is 32.6 Å². The number of amides is 1. The van der Waals surface area contributed by atoms with Crippen LogP contribution in [0, 0.1) is 29.6 Å². The topological polar surface area (TPSA) is 70.7 Å². The number of hydrogen-bond acceptors (Lipinski definition) is 4. The molecule has 138 valence electrons. The maximum Gasteiger partial charge on any atom is 0.244 e. The van der Waals surface area contributed by atoms with Gasteiger partial charge in [-0.25, -0.2) is 4.98 Å². The van der Waals surface area contributed by atoms with Crippen LogP contribution in [0.25, 0.3) is 0 Å². The molecular formula is C19H23BrN4OS. The van der Waals surface area contributed by atoms with Crippen LogP contribution in [0.15, 0.2) is 10.8 Å². The lowest BCUT2D eigenvalue weighted by Gasteiger charge is -2.33. The number of thiophene rings is 1. The van der Waals surface area contributed by atoms with Gasteiger partial charge in [0.2, 0.25) is 5.91 Å². The van der Waals surface area contributed by atoms with Gasteiger partial charge in [0.25, 0.3) is 0 Å². The molecule has 0 aliphatic heterocycles. The summed E-state index contributed by atoms with van der Waals surface area (Å²) < 4.78 is 2.49. The number of aryl methyl sites for hydroxylation is 1. The molecule has 0 radical (unpaired) electrons. The molecule has 2 aromatic heterocycles. The fraction of sp³-hybridized carbons (Fsp3) is 0.526. The number of halogens is 1. The van der Waals surface area contributed by atoms with E-state index < -0.39 is 0 Å². The van der Waals surface area contributed by atoms with Crippen molar-refractivity contribution in [1.29, 1.82) is 5.26 Å². The smallest absolute Gasteiger partial charge is 0.244 e. The van der Waals surface area contributed by atoms with Gasteiger partial charge in [-0.05, 0) is 59.0 Å². The van der Waals surface area contributed by atoms with E-state index in [9.17, 15) is 10.1 Å². The van der Waals surface area contributed by atoms with E-state index >= 15 is 0 Å². The molecule has 2 aromatic rings. The third-order valence-electron chi connectivity index (χ3n) is 5.12. The van der Waals surface area contributed by atoms with Gasteiger partial charge in [-0.1, -0.05) is 20.8 Å². The van der Waals surface area contributed by atoms with Crippen molar-refractivity contribution in [2.75, 3.05) is 5.32 Å². The van der Waals surface area contributed by atoms with Crippen molar-refractivity contribution in [3.8, 4) is 6.07 Å². The predicted molar refractivity (Wildman–Crippen MR) is 107 cm³/mol. The Balaban J connectivity index is 1.79. The minimum Gasteiger partial charge on any atom is -0.325 e. The number of nitrogens with zero attached hydrogens (tertiary/aromatic N) is 3. The lowest BCUT2D eigenvalue weighted by Crippen LogP contribution is -2.26. The molecule has 1 aliphatic carbocycles. The fourth-order valence-corrected chi connectivity index (χ4v) is 5.28. The summed E-state index contributed by atoms with van der Waals surface area (Å²) in [5.41, 5.74) is 2.04. The number of imidazole rings is 1. The van der Waals surface area contributed by atoms with Crippen LogP contribution >= 0.6 is 27.3 Å². The maximum absolute atomic E-state index is 12.5. The van der Waals surface area contributed by atoms with Gasteiger partial charge in [-0.3, -0.25) is 4.79 Å². The van der Waals surface area contributed by atoms with Crippen molar-refractivity contribution in [3.63, 3.8) is 0 Å². The summed E-state index contributed by atoms with van der Waals surface area (Å²) in [7, 11) is 0. The van der Waals surface area contributed by atoms with Crippen LogP contribution in [-0.2, 0) is 24.2 Å². The Morgan fingerprint density at radius 3 is 2.85 bits per heavy atom. The zero-order valence-corrected chi connectivity index (χ0v) is 17.9. The number of hydrogen-bond donors (Lipinski definition) is 1. The first kappa shape index (κ1) is 19.1. The highest BCUT2D eigenvalue weighted by molar-refractivity contribution is 9.10. The second-order valence-electron chi connectivity index (χ2n) is 7.91. The Kier molecular flexibility index (Phi) is 5.27. The van der Waals surface area contributed by atoms with E-state index in [-0.39, 0.29) is 17.9 Å². The molecule has 3 rings (SSSR count). The molecule has 26 heavy (non-hydrogen) atoms. The molecule has 0 aromatic carbocycles. The molecule has 1 unspecified atom stereocenters. The highest BCUT2D eigenvalue weighted by Crippen LogP contribution is 2.43. The number of fused-ring (bicyclic) bond motifs is 1. The largest absolute Gasteiger partial charge is 0.325 e. The highest BCUT2D eigenvalue weighted by Gasteiger charge is 2.32. The summed E-state index contributed by atoms with van der Waals surface area (Å²) in [5.74, 6) is 1.24. The summed E-state index contributed by atoms with van der Waals surface area (Å²) in [6.45, 7) is 8.86. The highest BCUT2D eigenvalue weighted by atomic mass is 79.9. The third kappa shape index (κ3) is 3.86. The Bertz CT molecular complexity index is 885. The normalized spacial score (nSPS) is 16.8. The Hall–Kier alpha value is -1.65. The molecule has 0 fully saturated rings. The molecule has 0 saturated carbocycles. The zero-order valence-electron chi connectivity index (χ0n) is 15.5. The van der Waals surface area contributed by atoms with Gasteiger partial charge in [0, 0.05) is 11.1 Å². The van der Waals surface area contributed by atoms with Crippen LogP contribution in [0.1, 0.15) is 49.0 Å². The van der Waals surface area contributed by atoms with E-state index in [2.05, 4.69) is 53.1 Å². The van der Waals surface area contributed by atoms with Gasteiger partial charge in [0.1, 0.15) is 28.0 Å². The molecule has 1 atom stereocenters. The Morgan fingerprint density at radius 2 is 2.27 bits per heavy atom. The number of rotatable bonds is 3. The summed E-state index contributed by atoms with van der Waals surface area (Å²) in [5, 5.41) is 13.3. The third-order valence-corrected chi connectivity index (χ3v) is 6.67. The first-order valence-corrected chi connectivity index (χ1v) is 10.3. The summed E-state index contributed by atoms with van der Waals surface area (Å²) in [4.78, 5) is 18.0. The second-order valence-corrected chi connectivity index (χ2v) is 9.83. The SMILES string of the molecule is Cc1nc(Br)cn1CC(=O)Nc1sc2c(c1C#N)CCC(C(C)(C)C)C2. The molecule has 2 heterocycles. The molecule has 0 spiro atoms. The average molecular weight is 435 g/mol. The molecule has 0 bridgehead atoms. The van der Waals surface area contributed by atoms with Crippen LogP contribution < -0.4 is 5.32 Å². The van der Waals surface area contributed by atoms with E-state index in [0.29, 0.717) is 21.1 Å². The lowest BCUT2D eigenvalue weighted by atomic mass is 9.72. The maximum atomic E-state index is 12.5. The van der Waals surface area contributed by atoms with Crippen molar-refractivity contribution >= 4 is 38.2 Å². The van der Waals surface area contributed by atoms with Crippen LogP contribution in [0.3, 0.4) is 0 Å². The first-order valence-electron chi connectivity index (χ1n) is 8.72. The Labute approximate surface area is 166 Å². The minimum atomic E-state index is -0.138. The van der Waals surface area contributed by atoms with Gasteiger partial charge in [0.05, 0.1) is 5.56 Å². The minimum absolute atomic E-state index is 0.138. The van der Waals surface area contributed by atoms with Gasteiger partial charge in [-0.2, -0.15) is 5.26 Å². The Morgan fingerprint density at radius 1 is 1.54 bits per heavy atom. The van der Waals surface area contributed by atoms with Crippen LogP contribution in [0.5, 0.6) is 0 Å². The lowest BCUT2D eigenvalue weighted by molar-refractivity contribution is -0.116. The second kappa shape index (κ2) is 7.16. The van der Waals surface area contributed by atoms with Crippen molar-refractivity contribution in [2.24, 2.45) is 11.3 Å². The standard InChI is InChI=1S/C19H23BrN4OS/c1-11-22-16(20)9-24(11)10-17(25)23-18-14(8-21)13-6-5-12(19(2,3)4)7-15(13)26-18/h9,12H,5-7,10H2,1-4H3,(H,23,25). The van der Waals surface area contributed by atoms with Gasteiger partial charge < -0.3 is 9.88 Å². The zero-order chi connectivity index (χ0) is 19.1. The molecule has 1 aliphatic rings. The van der Waals surface area contributed by atoms with E-state index in [1.807, 2.05) is 6.92 Å². The number of nitrogens with one attached hydrogen (secondary N) is 1. The van der Waals surface area contributed by atoms with E-state index in [4.69, 9.17) is 0 Å². The van der Waals surface area contributed by atoms with Crippen LogP contribution in [-0.4, -0.2) is 15.5 Å². The molecule has 7 heteroatoms. The first-order chi connectivity index (χ1) is 12.2. The predicted octanol–water partition coefficient (Wildman–Crippen LogP) is 4.68. The van der Waals surface area contributed by atoms with Crippen LogP contribution in [0.2, 0.25) is 0 Å². The number of aromatic nitrogens is 2. The van der Waals surface area contributed by atoms with E-state index in [1.54, 1.807) is 22.1 Å².